The predicted molar refractivity (Wildman–Crippen MR) is 67.2 cm³/mol. The van der Waals surface area contributed by atoms with Crippen molar-refractivity contribution in [2.45, 2.75) is 26.0 Å². The van der Waals surface area contributed by atoms with E-state index in [0.717, 1.165) is 0 Å². The number of carbonyl (C=O) groups excluding carboxylic acids is 1. The standard InChI is InChI=1S/C11H17BrN2O3/c1-4-9(17-3)11(15)10-8(12)7-13-14(10)5-6-16-2/h7,9H,4-6H2,1-3H3. The number of carbonyl (C=O) groups is 1. The van der Waals surface area contributed by atoms with Gasteiger partial charge in [0.1, 0.15) is 11.8 Å². The van der Waals surface area contributed by atoms with E-state index in [9.17, 15) is 4.79 Å². The number of ketones is 1. The molecule has 0 N–H and O–H groups in total. The van der Waals surface area contributed by atoms with Gasteiger partial charge in [0.25, 0.3) is 0 Å². The quantitative estimate of drug-likeness (QED) is 0.722. The van der Waals surface area contributed by atoms with E-state index in [0.29, 0.717) is 29.7 Å². The lowest BCUT2D eigenvalue weighted by Crippen LogP contribution is -2.26. The maximum absolute atomic E-state index is 12.2. The van der Waals surface area contributed by atoms with Crippen LogP contribution in [0.1, 0.15) is 23.8 Å². The van der Waals surface area contributed by atoms with E-state index in [4.69, 9.17) is 9.47 Å². The molecule has 5 nitrogen and oxygen atoms in total. The van der Waals surface area contributed by atoms with Crippen LogP contribution >= 0.6 is 15.9 Å². The highest BCUT2D eigenvalue weighted by Gasteiger charge is 2.24. The van der Waals surface area contributed by atoms with Gasteiger partial charge in [-0.2, -0.15) is 5.10 Å². The van der Waals surface area contributed by atoms with Gasteiger partial charge in [0, 0.05) is 14.2 Å². The van der Waals surface area contributed by atoms with Crippen LogP contribution in [0, 0.1) is 0 Å². The summed E-state index contributed by atoms with van der Waals surface area (Å²) in [6.45, 7) is 2.97. The Morgan fingerprint density at radius 1 is 1.59 bits per heavy atom. The number of methoxy groups -OCH3 is 2. The van der Waals surface area contributed by atoms with Gasteiger partial charge in [0.2, 0.25) is 5.78 Å². The minimum Gasteiger partial charge on any atom is -0.383 e. The van der Waals surface area contributed by atoms with Gasteiger partial charge in [0.05, 0.1) is 23.8 Å². The van der Waals surface area contributed by atoms with E-state index in [2.05, 4.69) is 21.0 Å². The monoisotopic (exact) mass is 304 g/mol. The van der Waals surface area contributed by atoms with Crippen LogP contribution in [-0.2, 0) is 16.0 Å². The lowest BCUT2D eigenvalue weighted by Gasteiger charge is -2.13. The van der Waals surface area contributed by atoms with Gasteiger partial charge in [0.15, 0.2) is 0 Å². The van der Waals surface area contributed by atoms with E-state index in [-0.39, 0.29) is 5.78 Å². The van der Waals surface area contributed by atoms with E-state index >= 15 is 0 Å². The zero-order valence-corrected chi connectivity index (χ0v) is 11.9. The molecule has 0 amide bonds. The molecule has 0 bridgehead atoms. The number of rotatable bonds is 7. The summed E-state index contributed by atoms with van der Waals surface area (Å²) in [5, 5.41) is 4.14. The molecule has 0 aliphatic heterocycles. The second-order valence-corrected chi connectivity index (χ2v) is 4.41. The Balaban J connectivity index is 2.94. The smallest absolute Gasteiger partial charge is 0.210 e. The largest absolute Gasteiger partial charge is 0.383 e. The summed E-state index contributed by atoms with van der Waals surface area (Å²) in [5.74, 6) is -0.0597. The SMILES string of the molecule is CCC(OC)C(=O)c1c(Br)cnn1CCOC. The molecule has 0 fully saturated rings. The Kier molecular flexibility index (Phi) is 5.80. The van der Waals surface area contributed by atoms with E-state index < -0.39 is 6.10 Å². The molecule has 0 saturated carbocycles. The number of aromatic nitrogens is 2. The molecule has 1 heterocycles. The Labute approximate surface area is 109 Å². The van der Waals surface area contributed by atoms with Gasteiger partial charge in [-0.15, -0.1) is 0 Å². The molecule has 0 saturated heterocycles. The number of nitrogens with zero attached hydrogens (tertiary/aromatic N) is 2. The van der Waals surface area contributed by atoms with Crippen LogP contribution in [0.5, 0.6) is 0 Å². The number of hydrogen-bond acceptors (Lipinski definition) is 4. The zero-order valence-electron chi connectivity index (χ0n) is 10.3. The average molecular weight is 305 g/mol. The minimum absolute atomic E-state index is 0.0597. The Hall–Kier alpha value is -0.720. The lowest BCUT2D eigenvalue weighted by atomic mass is 10.1. The second-order valence-electron chi connectivity index (χ2n) is 3.55. The molecule has 0 aromatic carbocycles. The molecule has 0 radical (unpaired) electrons. The number of Topliss-reactive ketones (excluding diaryl/α,β-unsaturated/α-hetero) is 1. The highest BCUT2D eigenvalue weighted by molar-refractivity contribution is 9.10. The third-order valence-electron chi connectivity index (χ3n) is 2.48. The first-order valence-corrected chi connectivity index (χ1v) is 6.22. The third kappa shape index (κ3) is 3.37. The van der Waals surface area contributed by atoms with Gasteiger partial charge >= 0.3 is 0 Å². The summed E-state index contributed by atoms with van der Waals surface area (Å²) in [6, 6.07) is 0. The Morgan fingerprint density at radius 2 is 2.29 bits per heavy atom. The molecule has 1 aromatic heterocycles. The second kappa shape index (κ2) is 6.88. The van der Waals surface area contributed by atoms with E-state index in [1.165, 1.54) is 7.11 Å². The fourth-order valence-corrected chi connectivity index (χ4v) is 2.06. The Morgan fingerprint density at radius 3 is 2.82 bits per heavy atom. The van der Waals surface area contributed by atoms with Crippen molar-refractivity contribution < 1.29 is 14.3 Å². The van der Waals surface area contributed by atoms with Crippen LogP contribution in [-0.4, -0.2) is 42.5 Å². The van der Waals surface area contributed by atoms with Crippen LogP contribution in [0.4, 0.5) is 0 Å². The number of ether oxygens (including phenoxy) is 2. The minimum atomic E-state index is -0.427. The van der Waals surface area contributed by atoms with Crippen molar-refractivity contribution in [3.63, 3.8) is 0 Å². The molecule has 0 aliphatic rings. The maximum atomic E-state index is 12.2. The van der Waals surface area contributed by atoms with Crippen molar-refractivity contribution in [2.24, 2.45) is 0 Å². The molecule has 6 heteroatoms. The average Bonchev–Trinajstić information content (AvgIpc) is 2.69. The van der Waals surface area contributed by atoms with Crippen molar-refractivity contribution in [3.05, 3.63) is 16.4 Å². The summed E-state index contributed by atoms with van der Waals surface area (Å²) in [4.78, 5) is 12.2. The molecule has 1 atom stereocenters. The molecule has 1 unspecified atom stereocenters. The first-order chi connectivity index (χ1) is 8.15. The van der Waals surface area contributed by atoms with E-state index in [1.807, 2.05) is 6.92 Å². The highest BCUT2D eigenvalue weighted by atomic mass is 79.9. The molecule has 96 valence electrons. The first kappa shape index (κ1) is 14.3. The van der Waals surface area contributed by atoms with Crippen molar-refractivity contribution >= 4 is 21.7 Å². The predicted octanol–water partition coefficient (Wildman–Crippen LogP) is 1.90. The summed E-state index contributed by atoms with van der Waals surface area (Å²) in [6.07, 6.45) is 1.83. The highest BCUT2D eigenvalue weighted by Crippen LogP contribution is 2.19. The number of hydrogen-bond donors (Lipinski definition) is 0. The van der Waals surface area contributed by atoms with Crippen molar-refractivity contribution in [3.8, 4) is 0 Å². The molecule has 0 spiro atoms. The van der Waals surface area contributed by atoms with E-state index in [1.54, 1.807) is 18.0 Å². The topological polar surface area (TPSA) is 53.3 Å². The van der Waals surface area contributed by atoms with Gasteiger partial charge in [-0.1, -0.05) is 6.92 Å². The summed E-state index contributed by atoms with van der Waals surface area (Å²) >= 11 is 3.34. The van der Waals surface area contributed by atoms with Crippen LogP contribution in [0.2, 0.25) is 0 Å². The molecule has 1 aromatic rings. The summed E-state index contributed by atoms with van der Waals surface area (Å²) in [5.41, 5.74) is 0.538. The van der Waals surface area contributed by atoms with Crippen LogP contribution in [0.15, 0.2) is 10.7 Å². The summed E-state index contributed by atoms with van der Waals surface area (Å²) in [7, 11) is 3.15. The molecule has 1 rings (SSSR count). The van der Waals surface area contributed by atoms with Crippen molar-refractivity contribution in [1.82, 2.24) is 9.78 Å². The van der Waals surface area contributed by atoms with Crippen LogP contribution < -0.4 is 0 Å². The first-order valence-electron chi connectivity index (χ1n) is 5.42. The lowest BCUT2D eigenvalue weighted by molar-refractivity contribution is 0.0581. The van der Waals surface area contributed by atoms with Crippen molar-refractivity contribution in [1.29, 1.82) is 0 Å². The normalized spacial score (nSPS) is 12.7. The van der Waals surface area contributed by atoms with Gasteiger partial charge < -0.3 is 9.47 Å². The van der Waals surface area contributed by atoms with Crippen molar-refractivity contribution in [2.75, 3.05) is 20.8 Å². The van der Waals surface area contributed by atoms with Crippen LogP contribution in [0.25, 0.3) is 0 Å². The van der Waals surface area contributed by atoms with Crippen LogP contribution in [0.3, 0.4) is 0 Å². The number of halogens is 1. The molecular weight excluding hydrogens is 288 g/mol. The third-order valence-corrected chi connectivity index (χ3v) is 3.06. The maximum Gasteiger partial charge on any atom is 0.210 e. The molecule has 17 heavy (non-hydrogen) atoms. The van der Waals surface area contributed by atoms with Gasteiger partial charge in [-0.05, 0) is 22.4 Å². The van der Waals surface area contributed by atoms with Gasteiger partial charge in [-0.25, -0.2) is 0 Å². The Bertz CT molecular complexity index is 375. The van der Waals surface area contributed by atoms with Gasteiger partial charge in [-0.3, -0.25) is 9.48 Å². The fraction of sp³-hybridized carbons (Fsp3) is 0.636. The fourth-order valence-electron chi connectivity index (χ4n) is 1.57. The molecular formula is C11H17BrN2O3. The zero-order chi connectivity index (χ0) is 12.8. The summed E-state index contributed by atoms with van der Waals surface area (Å²) < 4.78 is 12.5. The molecule has 0 aliphatic carbocycles.